The van der Waals surface area contributed by atoms with E-state index in [1.807, 2.05) is 13.8 Å². The first-order valence-electron chi connectivity index (χ1n) is 6.61. The highest BCUT2D eigenvalue weighted by molar-refractivity contribution is 5.88. The number of aliphatic hydroxyl groups is 1. The Morgan fingerprint density at radius 3 is 2.90 bits per heavy atom. The number of nitrogen functional groups attached to an aromatic ring is 1. The lowest BCUT2D eigenvalue weighted by Crippen LogP contribution is -2.56. The van der Waals surface area contributed by atoms with Crippen LogP contribution in [-0.4, -0.2) is 27.2 Å². The van der Waals surface area contributed by atoms with Crippen molar-refractivity contribution in [2.24, 2.45) is 5.41 Å². The van der Waals surface area contributed by atoms with Gasteiger partial charge in [-0.1, -0.05) is 13.8 Å². The van der Waals surface area contributed by atoms with Crippen LogP contribution in [0, 0.1) is 5.41 Å². The van der Waals surface area contributed by atoms with Gasteiger partial charge in [-0.2, -0.15) is 0 Å². The van der Waals surface area contributed by atoms with E-state index in [2.05, 4.69) is 15.3 Å². The third-order valence-corrected chi connectivity index (χ3v) is 4.36. The molecule has 2 aromatic rings. The Balaban J connectivity index is 1.97. The molecule has 1 aromatic heterocycles. The first-order chi connectivity index (χ1) is 9.39. The van der Waals surface area contributed by atoms with Gasteiger partial charge in [-0.15, -0.1) is 0 Å². The van der Waals surface area contributed by atoms with E-state index in [1.165, 1.54) is 6.33 Å². The average Bonchev–Trinajstić information content (AvgIpc) is 2.40. The molecule has 106 valence electrons. The molecule has 1 aromatic carbocycles. The van der Waals surface area contributed by atoms with E-state index in [4.69, 9.17) is 5.73 Å². The predicted octanol–water partition coefficient (Wildman–Crippen LogP) is 1.08. The molecule has 20 heavy (non-hydrogen) atoms. The molecule has 2 unspecified atom stereocenters. The Labute approximate surface area is 116 Å². The number of aromatic nitrogens is 2. The molecule has 1 aliphatic rings. The SMILES string of the molecule is CC1(C)C(O)CC1Nc1cc2nc[nH]c(=O)c2cc1N. The van der Waals surface area contributed by atoms with Gasteiger partial charge < -0.3 is 21.1 Å². The third kappa shape index (κ3) is 1.84. The molecule has 0 saturated heterocycles. The Kier molecular flexibility index (Phi) is 2.72. The van der Waals surface area contributed by atoms with Crippen LogP contribution in [0.3, 0.4) is 0 Å². The average molecular weight is 274 g/mol. The lowest BCUT2D eigenvalue weighted by molar-refractivity contribution is -0.0510. The van der Waals surface area contributed by atoms with Crippen LogP contribution < -0.4 is 16.6 Å². The summed E-state index contributed by atoms with van der Waals surface area (Å²) in [5.74, 6) is 0. The van der Waals surface area contributed by atoms with Crippen LogP contribution in [0.2, 0.25) is 0 Å². The van der Waals surface area contributed by atoms with Crippen molar-refractivity contribution >= 4 is 22.3 Å². The lowest BCUT2D eigenvalue weighted by Gasteiger charge is -2.50. The molecule has 6 nitrogen and oxygen atoms in total. The highest BCUT2D eigenvalue weighted by atomic mass is 16.3. The first-order valence-corrected chi connectivity index (χ1v) is 6.61. The molecule has 0 bridgehead atoms. The Morgan fingerprint density at radius 2 is 2.25 bits per heavy atom. The number of nitrogens with two attached hydrogens (primary N) is 1. The number of benzene rings is 1. The van der Waals surface area contributed by atoms with Crippen molar-refractivity contribution in [2.45, 2.75) is 32.4 Å². The molecule has 0 spiro atoms. The Bertz CT molecular complexity index is 723. The third-order valence-electron chi connectivity index (χ3n) is 4.36. The normalized spacial score (nSPS) is 24.4. The maximum absolute atomic E-state index is 11.7. The van der Waals surface area contributed by atoms with Gasteiger partial charge in [0.05, 0.1) is 34.7 Å². The van der Waals surface area contributed by atoms with Crippen molar-refractivity contribution in [3.8, 4) is 0 Å². The summed E-state index contributed by atoms with van der Waals surface area (Å²) in [6.07, 6.45) is 1.76. The quantitative estimate of drug-likeness (QED) is 0.613. The highest BCUT2D eigenvalue weighted by Gasteiger charge is 2.47. The van der Waals surface area contributed by atoms with Gasteiger partial charge in [-0.05, 0) is 18.6 Å². The molecule has 0 radical (unpaired) electrons. The number of H-pyrrole nitrogens is 1. The molecule has 1 aliphatic carbocycles. The van der Waals surface area contributed by atoms with Crippen molar-refractivity contribution in [2.75, 3.05) is 11.1 Å². The van der Waals surface area contributed by atoms with Crippen LogP contribution in [0.15, 0.2) is 23.3 Å². The molecule has 1 fully saturated rings. The van der Waals surface area contributed by atoms with Crippen molar-refractivity contribution in [1.82, 2.24) is 9.97 Å². The number of fused-ring (bicyclic) bond motifs is 1. The number of hydrogen-bond donors (Lipinski definition) is 4. The van der Waals surface area contributed by atoms with E-state index in [9.17, 15) is 9.90 Å². The molecular formula is C14H18N4O2. The number of aliphatic hydroxyl groups excluding tert-OH is 1. The molecular weight excluding hydrogens is 256 g/mol. The topological polar surface area (TPSA) is 104 Å². The van der Waals surface area contributed by atoms with E-state index in [0.717, 1.165) is 5.69 Å². The summed E-state index contributed by atoms with van der Waals surface area (Å²) in [6.45, 7) is 4.03. The first kappa shape index (κ1) is 12.9. The number of rotatable bonds is 2. The highest BCUT2D eigenvalue weighted by Crippen LogP contribution is 2.43. The monoisotopic (exact) mass is 274 g/mol. The second kappa shape index (κ2) is 4.21. The summed E-state index contributed by atoms with van der Waals surface area (Å²) in [5, 5.41) is 13.6. The predicted molar refractivity (Wildman–Crippen MR) is 78.6 cm³/mol. The van der Waals surface area contributed by atoms with Crippen LogP contribution in [0.4, 0.5) is 11.4 Å². The number of hydrogen-bond acceptors (Lipinski definition) is 5. The summed E-state index contributed by atoms with van der Waals surface area (Å²) < 4.78 is 0. The Morgan fingerprint density at radius 1 is 1.50 bits per heavy atom. The maximum Gasteiger partial charge on any atom is 0.258 e. The van der Waals surface area contributed by atoms with Crippen LogP contribution in [0.1, 0.15) is 20.3 Å². The van der Waals surface area contributed by atoms with Gasteiger partial charge in [-0.25, -0.2) is 4.98 Å². The second-order valence-electron chi connectivity index (χ2n) is 5.96. The van der Waals surface area contributed by atoms with Gasteiger partial charge in [0, 0.05) is 11.5 Å². The zero-order chi connectivity index (χ0) is 14.5. The van der Waals surface area contributed by atoms with Gasteiger partial charge in [0.1, 0.15) is 0 Å². The summed E-state index contributed by atoms with van der Waals surface area (Å²) in [5.41, 5.74) is 7.47. The summed E-state index contributed by atoms with van der Waals surface area (Å²) in [6, 6.07) is 3.56. The maximum atomic E-state index is 11.7. The summed E-state index contributed by atoms with van der Waals surface area (Å²) in [7, 11) is 0. The van der Waals surface area contributed by atoms with Crippen molar-refractivity contribution in [3.05, 3.63) is 28.8 Å². The number of nitrogens with zero attached hydrogens (tertiary/aromatic N) is 1. The van der Waals surface area contributed by atoms with Crippen LogP contribution in [0.5, 0.6) is 0 Å². The van der Waals surface area contributed by atoms with E-state index < -0.39 is 0 Å². The molecule has 3 rings (SSSR count). The number of aromatic amines is 1. The fraction of sp³-hybridized carbons (Fsp3) is 0.429. The molecule has 0 amide bonds. The van der Waals surface area contributed by atoms with Crippen LogP contribution in [-0.2, 0) is 0 Å². The summed E-state index contributed by atoms with van der Waals surface area (Å²) >= 11 is 0. The standard InChI is InChI=1S/C14H18N4O2/c1-14(2)11(5-12(14)19)18-10-4-9-7(3-8(10)15)13(20)17-6-16-9/h3-4,6,11-12,18-19H,5,15H2,1-2H3,(H,16,17,20). The van der Waals surface area contributed by atoms with Crippen LogP contribution in [0.25, 0.3) is 10.9 Å². The molecule has 1 saturated carbocycles. The van der Waals surface area contributed by atoms with Crippen molar-refractivity contribution in [3.63, 3.8) is 0 Å². The zero-order valence-electron chi connectivity index (χ0n) is 11.5. The molecule has 1 heterocycles. The smallest absolute Gasteiger partial charge is 0.258 e. The second-order valence-corrected chi connectivity index (χ2v) is 5.96. The molecule has 0 aliphatic heterocycles. The molecule has 2 atom stereocenters. The van der Waals surface area contributed by atoms with Gasteiger partial charge in [0.2, 0.25) is 0 Å². The zero-order valence-corrected chi connectivity index (χ0v) is 11.5. The van der Waals surface area contributed by atoms with E-state index in [1.54, 1.807) is 12.1 Å². The minimum atomic E-state index is -0.303. The van der Waals surface area contributed by atoms with E-state index >= 15 is 0 Å². The van der Waals surface area contributed by atoms with Gasteiger partial charge in [0.15, 0.2) is 0 Å². The molecule has 5 N–H and O–H groups in total. The van der Waals surface area contributed by atoms with Gasteiger partial charge >= 0.3 is 0 Å². The molecule has 6 heteroatoms. The van der Waals surface area contributed by atoms with E-state index in [0.29, 0.717) is 23.0 Å². The number of nitrogens with one attached hydrogen (secondary N) is 2. The number of anilines is 2. The summed E-state index contributed by atoms with van der Waals surface area (Å²) in [4.78, 5) is 18.3. The van der Waals surface area contributed by atoms with Gasteiger partial charge in [-0.3, -0.25) is 4.79 Å². The fourth-order valence-corrected chi connectivity index (χ4v) is 2.59. The van der Waals surface area contributed by atoms with Crippen LogP contribution >= 0.6 is 0 Å². The van der Waals surface area contributed by atoms with Crippen molar-refractivity contribution < 1.29 is 5.11 Å². The lowest BCUT2D eigenvalue weighted by atomic mass is 9.64. The fourth-order valence-electron chi connectivity index (χ4n) is 2.59. The minimum absolute atomic E-state index is 0.152. The Hall–Kier alpha value is -2.08. The minimum Gasteiger partial charge on any atom is -0.397 e. The largest absolute Gasteiger partial charge is 0.397 e. The van der Waals surface area contributed by atoms with Crippen molar-refractivity contribution in [1.29, 1.82) is 0 Å². The van der Waals surface area contributed by atoms with Gasteiger partial charge in [0.25, 0.3) is 5.56 Å². The van der Waals surface area contributed by atoms with E-state index in [-0.39, 0.29) is 23.1 Å².